The fourth-order valence-corrected chi connectivity index (χ4v) is 3.79. The maximum Gasteiger partial charge on any atom is 0.186 e. The average molecular weight is 319 g/mol. The van der Waals surface area contributed by atoms with Gasteiger partial charge < -0.3 is 15.3 Å². The van der Waals surface area contributed by atoms with Gasteiger partial charge >= 0.3 is 0 Å². The Labute approximate surface area is 136 Å². The summed E-state index contributed by atoms with van der Waals surface area (Å²) in [5.74, 6) is 0. The molecule has 1 aliphatic rings. The highest BCUT2D eigenvalue weighted by Gasteiger charge is 2.24. The van der Waals surface area contributed by atoms with Crippen molar-refractivity contribution in [1.29, 1.82) is 0 Å². The zero-order chi connectivity index (χ0) is 15.6. The molecule has 3 rings (SSSR count). The Hall–Kier alpha value is -1.17. The first-order valence-electron chi connectivity index (χ1n) is 8.02. The first kappa shape index (κ1) is 15.7. The lowest BCUT2D eigenvalue weighted by Crippen LogP contribution is -2.48. The van der Waals surface area contributed by atoms with Crippen LogP contribution < -0.4 is 10.2 Å². The van der Waals surface area contributed by atoms with Crippen LogP contribution in [-0.4, -0.2) is 42.4 Å². The average Bonchev–Trinajstić information content (AvgIpc) is 2.97. The number of aliphatic hydroxyl groups is 1. The normalized spacial score (nSPS) is 19.8. The molecule has 0 saturated carbocycles. The summed E-state index contributed by atoms with van der Waals surface area (Å²) in [5.41, 5.74) is 1.04. The number of nitrogens with one attached hydrogen (secondary N) is 1. The molecule has 4 nitrogen and oxygen atoms in total. The van der Waals surface area contributed by atoms with E-state index in [1.54, 1.807) is 11.3 Å². The third-order valence-corrected chi connectivity index (χ3v) is 5.37. The number of hydrogen-bond donors (Lipinski definition) is 2. The number of benzene rings is 1. The van der Waals surface area contributed by atoms with Gasteiger partial charge in [-0.25, -0.2) is 4.98 Å². The van der Waals surface area contributed by atoms with E-state index in [-0.39, 0.29) is 12.0 Å². The van der Waals surface area contributed by atoms with E-state index in [0.29, 0.717) is 6.04 Å². The number of aromatic nitrogens is 1. The van der Waals surface area contributed by atoms with E-state index < -0.39 is 0 Å². The summed E-state index contributed by atoms with van der Waals surface area (Å²) in [7, 11) is 0. The van der Waals surface area contributed by atoms with Crippen LogP contribution in [0.4, 0.5) is 5.13 Å². The van der Waals surface area contributed by atoms with Crippen molar-refractivity contribution in [3.63, 3.8) is 0 Å². The minimum absolute atomic E-state index is 0.0574. The number of anilines is 1. The third kappa shape index (κ3) is 3.59. The van der Waals surface area contributed by atoms with Gasteiger partial charge in [0.1, 0.15) is 0 Å². The Morgan fingerprint density at radius 1 is 1.41 bits per heavy atom. The van der Waals surface area contributed by atoms with Crippen molar-refractivity contribution in [2.24, 2.45) is 5.41 Å². The van der Waals surface area contributed by atoms with Crippen LogP contribution in [0, 0.1) is 5.41 Å². The minimum Gasteiger partial charge on any atom is -0.396 e. The van der Waals surface area contributed by atoms with Crippen molar-refractivity contribution in [1.82, 2.24) is 10.3 Å². The summed E-state index contributed by atoms with van der Waals surface area (Å²) >= 11 is 1.78. The molecule has 0 aliphatic carbocycles. The van der Waals surface area contributed by atoms with Crippen LogP contribution in [0.25, 0.3) is 10.2 Å². The molecular formula is C17H25N3OS. The predicted molar refractivity (Wildman–Crippen MR) is 93.7 cm³/mol. The summed E-state index contributed by atoms with van der Waals surface area (Å²) in [6, 6.07) is 8.82. The number of thiazole rings is 1. The Morgan fingerprint density at radius 3 is 3.00 bits per heavy atom. The van der Waals surface area contributed by atoms with Crippen LogP contribution in [0.2, 0.25) is 0 Å². The summed E-state index contributed by atoms with van der Waals surface area (Å²) in [6.07, 6.45) is 2.38. The van der Waals surface area contributed by atoms with Gasteiger partial charge in [-0.05, 0) is 25.0 Å². The Kier molecular flexibility index (Phi) is 4.66. The monoisotopic (exact) mass is 319 g/mol. The molecule has 5 heteroatoms. The quantitative estimate of drug-likeness (QED) is 0.890. The highest BCUT2D eigenvalue weighted by Crippen LogP contribution is 2.30. The van der Waals surface area contributed by atoms with Gasteiger partial charge in [-0.2, -0.15) is 0 Å². The first-order chi connectivity index (χ1) is 10.6. The Bertz CT molecular complexity index is 592. The second-order valence-electron chi connectivity index (χ2n) is 6.95. The molecule has 2 N–H and O–H groups in total. The van der Waals surface area contributed by atoms with Crippen molar-refractivity contribution in [2.45, 2.75) is 32.7 Å². The highest BCUT2D eigenvalue weighted by molar-refractivity contribution is 7.22. The summed E-state index contributed by atoms with van der Waals surface area (Å²) in [5, 5.41) is 14.1. The lowest BCUT2D eigenvalue weighted by atomic mass is 9.94. The molecule has 1 aliphatic heterocycles. The third-order valence-electron chi connectivity index (χ3n) is 4.27. The SMILES string of the molecule is CC(C)(CO)CN[C@H]1CCCN(c2nc3ccccc3s2)C1. The summed E-state index contributed by atoms with van der Waals surface area (Å²) in [6.45, 7) is 7.33. The number of piperidine rings is 1. The minimum atomic E-state index is -0.0574. The molecule has 0 unspecified atom stereocenters. The van der Waals surface area contributed by atoms with Gasteiger partial charge in [0.05, 0.1) is 10.2 Å². The smallest absolute Gasteiger partial charge is 0.186 e. The second-order valence-corrected chi connectivity index (χ2v) is 7.96. The molecule has 0 bridgehead atoms. The molecule has 2 heterocycles. The van der Waals surface area contributed by atoms with Gasteiger partial charge in [0.25, 0.3) is 0 Å². The van der Waals surface area contributed by atoms with Crippen molar-refractivity contribution < 1.29 is 5.11 Å². The van der Waals surface area contributed by atoms with Crippen LogP contribution in [0.5, 0.6) is 0 Å². The number of fused-ring (bicyclic) bond motifs is 1. The summed E-state index contributed by atoms with van der Waals surface area (Å²) in [4.78, 5) is 7.17. The van der Waals surface area contributed by atoms with Crippen LogP contribution in [0.3, 0.4) is 0 Å². The van der Waals surface area contributed by atoms with Crippen LogP contribution >= 0.6 is 11.3 Å². The molecule has 0 spiro atoms. The molecule has 2 aromatic rings. The van der Waals surface area contributed by atoms with Crippen molar-refractivity contribution in [3.8, 4) is 0 Å². The number of hydrogen-bond acceptors (Lipinski definition) is 5. The van der Waals surface area contributed by atoms with E-state index in [9.17, 15) is 5.11 Å². The lowest BCUT2D eigenvalue weighted by molar-refractivity contribution is 0.151. The largest absolute Gasteiger partial charge is 0.396 e. The molecule has 1 aromatic heterocycles. The molecule has 1 fully saturated rings. The molecule has 120 valence electrons. The molecule has 1 saturated heterocycles. The standard InChI is InChI=1S/C17H25N3OS/c1-17(2,12-21)11-18-13-6-5-9-20(10-13)16-19-14-7-3-4-8-15(14)22-16/h3-4,7-8,13,18,21H,5-6,9-12H2,1-2H3/t13-/m0/s1. The molecule has 1 aromatic carbocycles. The van der Waals surface area contributed by atoms with Gasteiger partial charge in [0, 0.05) is 37.7 Å². The van der Waals surface area contributed by atoms with Gasteiger partial charge in [0.2, 0.25) is 0 Å². The predicted octanol–water partition coefficient (Wildman–Crippen LogP) is 2.87. The van der Waals surface area contributed by atoms with Crippen molar-refractivity contribution in [2.75, 3.05) is 31.1 Å². The van der Waals surface area contributed by atoms with Gasteiger partial charge in [-0.1, -0.05) is 37.3 Å². The fourth-order valence-electron chi connectivity index (χ4n) is 2.79. The molecule has 0 amide bonds. The second kappa shape index (κ2) is 6.52. The fraction of sp³-hybridized carbons (Fsp3) is 0.588. The lowest BCUT2D eigenvalue weighted by Gasteiger charge is -2.35. The number of nitrogens with zero attached hydrogens (tertiary/aromatic N) is 2. The molecular weight excluding hydrogens is 294 g/mol. The highest BCUT2D eigenvalue weighted by atomic mass is 32.1. The van der Waals surface area contributed by atoms with E-state index in [1.165, 1.54) is 17.5 Å². The molecule has 0 radical (unpaired) electrons. The van der Waals surface area contributed by atoms with E-state index in [2.05, 4.69) is 42.3 Å². The maximum absolute atomic E-state index is 9.38. The van der Waals surface area contributed by atoms with Crippen LogP contribution in [0.15, 0.2) is 24.3 Å². The molecule has 22 heavy (non-hydrogen) atoms. The van der Waals surface area contributed by atoms with Gasteiger partial charge in [0.15, 0.2) is 5.13 Å². The van der Waals surface area contributed by atoms with Crippen molar-refractivity contribution in [3.05, 3.63) is 24.3 Å². The number of aliphatic hydroxyl groups excluding tert-OH is 1. The van der Waals surface area contributed by atoms with Gasteiger partial charge in [-0.3, -0.25) is 0 Å². The Morgan fingerprint density at radius 2 is 2.23 bits per heavy atom. The Balaban J connectivity index is 1.65. The first-order valence-corrected chi connectivity index (χ1v) is 8.84. The number of rotatable bonds is 5. The number of para-hydroxylation sites is 1. The van der Waals surface area contributed by atoms with E-state index in [0.717, 1.165) is 30.3 Å². The maximum atomic E-state index is 9.38. The summed E-state index contributed by atoms with van der Waals surface area (Å²) < 4.78 is 1.26. The van der Waals surface area contributed by atoms with Crippen LogP contribution in [0.1, 0.15) is 26.7 Å². The van der Waals surface area contributed by atoms with Crippen LogP contribution in [-0.2, 0) is 0 Å². The van der Waals surface area contributed by atoms with Crippen molar-refractivity contribution >= 4 is 26.7 Å². The topological polar surface area (TPSA) is 48.4 Å². The zero-order valence-corrected chi connectivity index (χ0v) is 14.2. The zero-order valence-electron chi connectivity index (χ0n) is 13.4. The van der Waals surface area contributed by atoms with E-state index in [1.807, 2.05) is 6.07 Å². The van der Waals surface area contributed by atoms with E-state index in [4.69, 9.17) is 4.98 Å². The molecule has 1 atom stereocenters. The van der Waals surface area contributed by atoms with E-state index >= 15 is 0 Å². The van der Waals surface area contributed by atoms with Gasteiger partial charge in [-0.15, -0.1) is 0 Å².